The van der Waals surface area contributed by atoms with Gasteiger partial charge in [0.05, 0.1) is 12.2 Å². The lowest BCUT2D eigenvalue weighted by Gasteiger charge is -2.13. The average Bonchev–Trinajstić information content (AvgIpc) is 2.65. The van der Waals surface area contributed by atoms with Crippen molar-refractivity contribution in [1.29, 1.82) is 0 Å². The summed E-state index contributed by atoms with van der Waals surface area (Å²) in [6.45, 7) is 4.76. The number of nitrogens with one attached hydrogen (secondary N) is 2. The number of hydrogen-bond acceptors (Lipinski definition) is 4. The molecule has 0 amide bonds. The Hall–Kier alpha value is -1.47. The van der Waals surface area contributed by atoms with Gasteiger partial charge in [0.2, 0.25) is 0 Å². The third-order valence-corrected chi connectivity index (χ3v) is 5.77. The van der Waals surface area contributed by atoms with Gasteiger partial charge < -0.3 is 15.4 Å². The van der Waals surface area contributed by atoms with Crippen molar-refractivity contribution in [3.63, 3.8) is 0 Å². The van der Waals surface area contributed by atoms with Crippen molar-refractivity contribution in [1.82, 2.24) is 5.32 Å². The van der Waals surface area contributed by atoms with Crippen LogP contribution in [-0.2, 0) is 10.5 Å². The van der Waals surface area contributed by atoms with Gasteiger partial charge >= 0.3 is 5.97 Å². The highest BCUT2D eigenvalue weighted by Gasteiger charge is 2.09. The van der Waals surface area contributed by atoms with Gasteiger partial charge in [-0.2, -0.15) is 11.8 Å². The van der Waals surface area contributed by atoms with Gasteiger partial charge in [0, 0.05) is 33.8 Å². The molecule has 28 heavy (non-hydrogen) atoms. The minimum Gasteiger partial charge on any atom is -0.462 e. The van der Waals surface area contributed by atoms with E-state index in [1.165, 1.54) is 0 Å². The Labute approximate surface area is 185 Å². The molecule has 0 spiro atoms. The number of carbonyl (C=O) groups is 1. The Kier molecular flexibility index (Phi) is 9.38. The quantitative estimate of drug-likeness (QED) is 0.301. The van der Waals surface area contributed by atoms with Crippen LogP contribution >= 0.6 is 47.2 Å². The molecule has 0 aliphatic heterocycles. The third-order valence-electron chi connectivity index (χ3n) is 3.83. The Bertz CT molecular complexity index is 827. The first-order valence-corrected chi connectivity index (χ1v) is 11.1. The van der Waals surface area contributed by atoms with E-state index < -0.39 is 0 Å². The van der Waals surface area contributed by atoms with Crippen LogP contribution in [0, 0.1) is 6.92 Å². The molecule has 2 aromatic carbocycles. The molecule has 0 saturated carbocycles. The lowest BCUT2D eigenvalue weighted by molar-refractivity contribution is 0.0526. The van der Waals surface area contributed by atoms with E-state index in [1.54, 1.807) is 30.8 Å². The van der Waals surface area contributed by atoms with Crippen molar-refractivity contribution in [3.05, 3.63) is 63.1 Å². The van der Waals surface area contributed by atoms with Gasteiger partial charge in [-0.3, -0.25) is 0 Å². The number of esters is 1. The van der Waals surface area contributed by atoms with Crippen LogP contribution in [0.15, 0.2) is 36.4 Å². The van der Waals surface area contributed by atoms with E-state index in [0.29, 0.717) is 33.9 Å². The molecule has 150 valence electrons. The molecule has 8 heteroatoms. The van der Waals surface area contributed by atoms with Gasteiger partial charge in [-0.15, -0.1) is 0 Å². The fourth-order valence-electron chi connectivity index (χ4n) is 2.39. The molecule has 2 rings (SSSR count). The van der Waals surface area contributed by atoms with Crippen LogP contribution in [0.5, 0.6) is 0 Å². The predicted molar refractivity (Wildman–Crippen MR) is 124 cm³/mol. The number of rotatable bonds is 8. The molecular weight excluding hydrogens is 435 g/mol. The van der Waals surface area contributed by atoms with Crippen LogP contribution in [0.2, 0.25) is 10.0 Å². The summed E-state index contributed by atoms with van der Waals surface area (Å²) in [7, 11) is 0. The molecule has 4 nitrogen and oxygen atoms in total. The van der Waals surface area contributed by atoms with Crippen molar-refractivity contribution in [2.24, 2.45) is 0 Å². The Morgan fingerprint density at radius 2 is 1.93 bits per heavy atom. The zero-order valence-corrected chi connectivity index (χ0v) is 18.8. The lowest BCUT2D eigenvalue weighted by Crippen LogP contribution is -2.30. The summed E-state index contributed by atoms with van der Waals surface area (Å²) in [4.78, 5) is 11.8. The first-order valence-electron chi connectivity index (χ1n) is 8.75. The molecular formula is C20H22Cl2N2O2S2. The minimum atomic E-state index is -0.325. The summed E-state index contributed by atoms with van der Waals surface area (Å²) in [6, 6.07) is 10.9. The number of ether oxygens (including phenoxy) is 1. The van der Waals surface area contributed by atoms with Gasteiger partial charge in [-0.05, 0) is 67.5 Å². The lowest BCUT2D eigenvalue weighted by atomic mass is 10.1. The normalized spacial score (nSPS) is 10.4. The van der Waals surface area contributed by atoms with E-state index in [9.17, 15) is 4.79 Å². The molecule has 0 bridgehead atoms. The highest BCUT2D eigenvalue weighted by Crippen LogP contribution is 2.28. The minimum absolute atomic E-state index is 0.325. The van der Waals surface area contributed by atoms with Crippen LogP contribution in [0.1, 0.15) is 28.4 Å². The molecule has 2 N–H and O–H groups in total. The van der Waals surface area contributed by atoms with Gasteiger partial charge in [-0.25, -0.2) is 4.79 Å². The first kappa shape index (κ1) is 22.8. The van der Waals surface area contributed by atoms with E-state index in [-0.39, 0.29) is 5.97 Å². The monoisotopic (exact) mass is 456 g/mol. The smallest absolute Gasteiger partial charge is 0.338 e. The molecule has 2 aromatic rings. The van der Waals surface area contributed by atoms with Crippen LogP contribution in [-0.4, -0.2) is 30.0 Å². The van der Waals surface area contributed by atoms with E-state index in [2.05, 4.69) is 10.6 Å². The molecule has 0 aliphatic carbocycles. The van der Waals surface area contributed by atoms with E-state index in [0.717, 1.165) is 28.3 Å². The van der Waals surface area contributed by atoms with Gasteiger partial charge in [0.1, 0.15) is 0 Å². The van der Waals surface area contributed by atoms with Crippen molar-refractivity contribution in [3.8, 4) is 0 Å². The standard InChI is InChI=1S/C20H22Cl2N2O2S2/c1-3-26-19(25)14-7-8-18(13(2)11-14)24-20(27)23-9-10-28-12-15-16(21)5-4-6-17(15)22/h4-8,11H,3,9-10,12H2,1-2H3,(H2,23,24,27). The summed E-state index contributed by atoms with van der Waals surface area (Å²) in [6.07, 6.45) is 0. The van der Waals surface area contributed by atoms with E-state index in [4.69, 9.17) is 40.2 Å². The maximum atomic E-state index is 11.8. The number of thioether (sulfide) groups is 1. The van der Waals surface area contributed by atoms with Gasteiger partial charge in [0.15, 0.2) is 5.11 Å². The third kappa shape index (κ3) is 6.85. The number of anilines is 1. The van der Waals surface area contributed by atoms with Crippen molar-refractivity contribution >= 4 is 64.0 Å². The highest BCUT2D eigenvalue weighted by molar-refractivity contribution is 7.98. The number of carbonyl (C=O) groups excluding carboxylic acids is 1. The second-order valence-corrected chi connectivity index (χ2v) is 8.21. The molecule has 0 aliphatic rings. The second-order valence-electron chi connectivity index (χ2n) is 5.88. The highest BCUT2D eigenvalue weighted by atomic mass is 35.5. The zero-order chi connectivity index (χ0) is 20.5. The Morgan fingerprint density at radius 3 is 2.57 bits per heavy atom. The summed E-state index contributed by atoms with van der Waals surface area (Å²) in [5.74, 6) is 1.27. The number of hydrogen-bond donors (Lipinski definition) is 2. The summed E-state index contributed by atoms with van der Waals surface area (Å²) >= 11 is 19.4. The van der Waals surface area contributed by atoms with Crippen molar-refractivity contribution in [2.45, 2.75) is 19.6 Å². The van der Waals surface area contributed by atoms with Crippen LogP contribution in [0.3, 0.4) is 0 Å². The zero-order valence-electron chi connectivity index (χ0n) is 15.7. The molecule has 0 unspecified atom stereocenters. The number of halogens is 2. The SMILES string of the molecule is CCOC(=O)c1ccc(NC(=S)NCCSCc2c(Cl)cccc2Cl)c(C)c1. The Morgan fingerprint density at radius 1 is 1.21 bits per heavy atom. The molecule has 0 saturated heterocycles. The number of thiocarbonyl (C=S) groups is 1. The van der Waals surface area contributed by atoms with Crippen molar-refractivity contribution in [2.75, 3.05) is 24.2 Å². The van der Waals surface area contributed by atoms with E-state index >= 15 is 0 Å². The number of benzene rings is 2. The fourth-order valence-corrected chi connectivity index (χ4v) is 4.20. The van der Waals surface area contributed by atoms with Crippen LogP contribution in [0.4, 0.5) is 5.69 Å². The Balaban J connectivity index is 1.76. The second kappa shape index (κ2) is 11.5. The van der Waals surface area contributed by atoms with Gasteiger partial charge in [-0.1, -0.05) is 29.3 Å². The largest absolute Gasteiger partial charge is 0.462 e. The van der Waals surface area contributed by atoms with E-state index in [1.807, 2.05) is 31.2 Å². The maximum Gasteiger partial charge on any atom is 0.338 e. The molecule has 0 aromatic heterocycles. The van der Waals surface area contributed by atoms with Crippen molar-refractivity contribution < 1.29 is 9.53 Å². The van der Waals surface area contributed by atoms with Gasteiger partial charge in [0.25, 0.3) is 0 Å². The average molecular weight is 457 g/mol. The molecule has 0 heterocycles. The summed E-state index contributed by atoms with van der Waals surface area (Å²) in [5, 5.41) is 8.23. The molecule has 0 radical (unpaired) electrons. The summed E-state index contributed by atoms with van der Waals surface area (Å²) in [5.41, 5.74) is 3.24. The first-order chi connectivity index (χ1) is 13.4. The maximum absolute atomic E-state index is 11.8. The fraction of sp³-hybridized carbons (Fsp3) is 0.300. The summed E-state index contributed by atoms with van der Waals surface area (Å²) < 4.78 is 5.01. The number of aryl methyl sites for hydroxylation is 1. The topological polar surface area (TPSA) is 50.4 Å². The predicted octanol–water partition coefficient (Wildman–Crippen LogP) is 5.70. The van der Waals surface area contributed by atoms with Crippen LogP contribution in [0.25, 0.3) is 0 Å². The molecule has 0 atom stereocenters. The van der Waals surface area contributed by atoms with Crippen LogP contribution < -0.4 is 10.6 Å². The molecule has 0 fully saturated rings.